The van der Waals surface area contributed by atoms with Gasteiger partial charge in [-0.15, -0.1) is 11.3 Å². The van der Waals surface area contributed by atoms with Crippen molar-refractivity contribution in [3.63, 3.8) is 0 Å². The Labute approximate surface area is 135 Å². The number of rotatable bonds is 6. The van der Waals surface area contributed by atoms with Gasteiger partial charge < -0.3 is 5.32 Å². The van der Waals surface area contributed by atoms with E-state index in [1.807, 2.05) is 11.3 Å². The molecule has 0 saturated carbocycles. The molecule has 0 bridgehead atoms. The summed E-state index contributed by atoms with van der Waals surface area (Å²) in [6.45, 7) is 3.25. The Bertz CT molecular complexity index is 507. The summed E-state index contributed by atoms with van der Waals surface area (Å²) in [6, 6.07) is 11.1. The van der Waals surface area contributed by atoms with Gasteiger partial charge >= 0.3 is 0 Å². The highest BCUT2D eigenvalue weighted by atomic mass is 79.9. The minimum Gasteiger partial charge on any atom is -0.309 e. The summed E-state index contributed by atoms with van der Waals surface area (Å²) < 4.78 is 2.34. The Morgan fingerprint density at radius 2 is 1.89 bits per heavy atom. The van der Waals surface area contributed by atoms with Gasteiger partial charge in [-0.05, 0) is 64.5 Å². The van der Waals surface area contributed by atoms with Gasteiger partial charge in [0.15, 0.2) is 0 Å². The topological polar surface area (TPSA) is 12.0 Å². The first-order valence-corrected chi connectivity index (χ1v) is 8.88. The van der Waals surface area contributed by atoms with Crippen molar-refractivity contribution in [2.45, 2.75) is 25.8 Å². The molecule has 0 aliphatic carbocycles. The summed E-state index contributed by atoms with van der Waals surface area (Å²) in [7, 11) is 0. The molecule has 1 nitrogen and oxygen atoms in total. The number of thiophene rings is 1. The van der Waals surface area contributed by atoms with E-state index in [4.69, 9.17) is 0 Å². The van der Waals surface area contributed by atoms with Crippen molar-refractivity contribution in [1.29, 1.82) is 0 Å². The van der Waals surface area contributed by atoms with E-state index in [1.54, 1.807) is 0 Å². The molecule has 0 spiro atoms. The first-order valence-electron chi connectivity index (χ1n) is 6.41. The van der Waals surface area contributed by atoms with Crippen LogP contribution in [0.15, 0.2) is 44.7 Å². The van der Waals surface area contributed by atoms with E-state index in [0.29, 0.717) is 6.04 Å². The smallest absolute Gasteiger partial charge is 0.0467 e. The average Bonchev–Trinajstić information content (AvgIpc) is 2.83. The van der Waals surface area contributed by atoms with Crippen LogP contribution >= 0.6 is 43.2 Å². The van der Waals surface area contributed by atoms with Crippen LogP contribution < -0.4 is 5.32 Å². The average molecular weight is 403 g/mol. The number of hydrogen-bond acceptors (Lipinski definition) is 2. The van der Waals surface area contributed by atoms with E-state index in [1.165, 1.54) is 14.9 Å². The third kappa shape index (κ3) is 4.42. The van der Waals surface area contributed by atoms with E-state index in [2.05, 4.69) is 79.8 Å². The monoisotopic (exact) mass is 401 g/mol. The van der Waals surface area contributed by atoms with Crippen molar-refractivity contribution in [2.24, 2.45) is 0 Å². The lowest BCUT2D eigenvalue weighted by atomic mass is 10.0. The van der Waals surface area contributed by atoms with Crippen molar-refractivity contribution >= 4 is 43.2 Å². The normalized spacial score (nSPS) is 12.6. The van der Waals surface area contributed by atoms with Crippen LogP contribution in [0.3, 0.4) is 0 Å². The predicted molar refractivity (Wildman–Crippen MR) is 90.9 cm³/mol. The number of nitrogens with one attached hydrogen (secondary N) is 1. The Morgan fingerprint density at radius 1 is 1.16 bits per heavy atom. The van der Waals surface area contributed by atoms with Gasteiger partial charge in [0, 0.05) is 19.9 Å². The van der Waals surface area contributed by atoms with Crippen molar-refractivity contribution in [3.8, 4) is 0 Å². The van der Waals surface area contributed by atoms with Gasteiger partial charge in [-0.3, -0.25) is 0 Å². The fourth-order valence-corrected chi connectivity index (χ4v) is 3.98. The zero-order chi connectivity index (χ0) is 13.7. The van der Waals surface area contributed by atoms with Crippen LogP contribution in [0.5, 0.6) is 0 Å². The van der Waals surface area contributed by atoms with Crippen molar-refractivity contribution in [3.05, 3.63) is 55.1 Å². The largest absolute Gasteiger partial charge is 0.309 e. The minimum atomic E-state index is 0.385. The fraction of sp³-hybridized carbons (Fsp3) is 0.333. The molecule has 0 radical (unpaired) electrons. The lowest BCUT2D eigenvalue weighted by Gasteiger charge is -2.18. The van der Waals surface area contributed by atoms with E-state index in [9.17, 15) is 0 Å². The third-order valence-electron chi connectivity index (χ3n) is 2.96. The molecule has 0 fully saturated rings. The molecule has 2 rings (SSSR count). The Balaban J connectivity index is 2.14. The zero-order valence-corrected chi connectivity index (χ0v) is 14.8. The molecule has 1 N–H and O–H groups in total. The van der Waals surface area contributed by atoms with Gasteiger partial charge in [-0.25, -0.2) is 0 Å². The van der Waals surface area contributed by atoms with Gasteiger partial charge in [0.2, 0.25) is 0 Å². The summed E-state index contributed by atoms with van der Waals surface area (Å²) in [4.78, 5) is 1.39. The lowest BCUT2D eigenvalue weighted by Crippen LogP contribution is -2.23. The molecule has 102 valence electrons. The number of halogens is 2. The molecule has 0 amide bonds. The van der Waals surface area contributed by atoms with Gasteiger partial charge in [0.25, 0.3) is 0 Å². The van der Waals surface area contributed by atoms with E-state index in [-0.39, 0.29) is 0 Å². The molecular formula is C15H17Br2NS. The Kier molecular flexibility index (Phi) is 6.07. The van der Waals surface area contributed by atoms with Crippen LogP contribution in [0.2, 0.25) is 0 Å². The van der Waals surface area contributed by atoms with Gasteiger partial charge in [0.05, 0.1) is 0 Å². The van der Waals surface area contributed by atoms with E-state index < -0.39 is 0 Å². The van der Waals surface area contributed by atoms with E-state index in [0.717, 1.165) is 23.9 Å². The molecule has 0 saturated heterocycles. The second-order valence-corrected chi connectivity index (χ2v) is 7.19. The molecule has 0 aliphatic rings. The molecule has 1 aromatic carbocycles. The molecule has 0 aliphatic heterocycles. The van der Waals surface area contributed by atoms with Crippen molar-refractivity contribution in [2.75, 3.05) is 6.54 Å². The van der Waals surface area contributed by atoms with Crippen molar-refractivity contribution < 1.29 is 0 Å². The second-order valence-electron chi connectivity index (χ2n) is 4.47. The molecule has 4 heteroatoms. The van der Waals surface area contributed by atoms with Crippen LogP contribution in [-0.2, 0) is 6.42 Å². The lowest BCUT2D eigenvalue weighted by molar-refractivity contribution is 0.535. The van der Waals surface area contributed by atoms with Gasteiger partial charge in [0.1, 0.15) is 0 Å². The SMILES string of the molecule is CCCNC(Cc1ccc(Br)cc1)c1sccc1Br. The quantitative estimate of drug-likeness (QED) is 0.667. The Hall–Kier alpha value is -0.160. The zero-order valence-electron chi connectivity index (χ0n) is 10.8. The molecule has 1 aromatic heterocycles. The summed E-state index contributed by atoms with van der Waals surface area (Å²) >= 11 is 8.94. The van der Waals surface area contributed by atoms with Crippen LogP contribution in [-0.4, -0.2) is 6.54 Å². The highest BCUT2D eigenvalue weighted by molar-refractivity contribution is 9.10. The molecule has 2 aromatic rings. The predicted octanol–water partition coefficient (Wildman–Crippen LogP) is 5.56. The van der Waals surface area contributed by atoms with Crippen LogP contribution in [0.1, 0.15) is 29.8 Å². The second kappa shape index (κ2) is 7.58. The Morgan fingerprint density at radius 3 is 2.47 bits per heavy atom. The van der Waals surface area contributed by atoms with Crippen LogP contribution in [0.4, 0.5) is 0 Å². The molecule has 1 unspecified atom stereocenters. The minimum absolute atomic E-state index is 0.385. The van der Waals surface area contributed by atoms with Crippen LogP contribution in [0.25, 0.3) is 0 Å². The summed E-state index contributed by atoms with van der Waals surface area (Å²) in [5.74, 6) is 0. The molecular weight excluding hydrogens is 386 g/mol. The number of benzene rings is 1. The molecule has 1 atom stereocenters. The maximum atomic E-state index is 3.65. The van der Waals surface area contributed by atoms with Crippen LogP contribution in [0, 0.1) is 0 Å². The number of hydrogen-bond donors (Lipinski definition) is 1. The highest BCUT2D eigenvalue weighted by Gasteiger charge is 2.15. The third-order valence-corrected chi connectivity index (χ3v) is 5.47. The first-order chi connectivity index (χ1) is 9.20. The van der Waals surface area contributed by atoms with Gasteiger partial charge in [-0.1, -0.05) is 35.0 Å². The van der Waals surface area contributed by atoms with Gasteiger partial charge in [-0.2, -0.15) is 0 Å². The summed E-state index contributed by atoms with van der Waals surface area (Å²) in [6.07, 6.45) is 2.17. The summed E-state index contributed by atoms with van der Waals surface area (Å²) in [5.41, 5.74) is 1.36. The summed E-state index contributed by atoms with van der Waals surface area (Å²) in [5, 5.41) is 5.78. The molecule has 1 heterocycles. The highest BCUT2D eigenvalue weighted by Crippen LogP contribution is 2.31. The maximum absolute atomic E-state index is 3.65. The standard InChI is InChI=1S/C15H17Br2NS/c1-2-8-18-14(15-13(17)7-9-19-15)10-11-3-5-12(16)6-4-11/h3-7,9,14,18H,2,8,10H2,1H3. The fourth-order valence-electron chi connectivity index (χ4n) is 1.99. The molecule has 19 heavy (non-hydrogen) atoms. The maximum Gasteiger partial charge on any atom is 0.0467 e. The first kappa shape index (κ1) is 15.2. The van der Waals surface area contributed by atoms with E-state index >= 15 is 0 Å². The van der Waals surface area contributed by atoms with Crippen molar-refractivity contribution in [1.82, 2.24) is 5.32 Å².